The summed E-state index contributed by atoms with van der Waals surface area (Å²) in [6.45, 7) is 5.55. The van der Waals surface area contributed by atoms with Gasteiger partial charge in [-0.15, -0.1) is 10.2 Å². The SMILES string of the molecule is C=CCOc1ccc(C2/C(=C(/O)c3ccc(C)c(F)c3)C(=O)C(=O)N2c2nnc(SCc3cccc4ccccc34)s2)cc1. The molecule has 1 aliphatic heterocycles. The summed E-state index contributed by atoms with van der Waals surface area (Å²) in [7, 11) is 0. The number of fused-ring (bicyclic) bond motifs is 1. The molecule has 1 atom stereocenters. The van der Waals surface area contributed by atoms with Crippen LogP contribution in [-0.2, 0) is 15.3 Å². The van der Waals surface area contributed by atoms with E-state index in [9.17, 15) is 19.1 Å². The van der Waals surface area contributed by atoms with Crippen molar-refractivity contribution in [1.29, 1.82) is 0 Å². The molecule has 1 unspecified atom stereocenters. The third-order valence-electron chi connectivity index (χ3n) is 7.29. The summed E-state index contributed by atoms with van der Waals surface area (Å²) in [6.07, 6.45) is 1.62. The first-order valence-corrected chi connectivity index (χ1v) is 15.5. The summed E-state index contributed by atoms with van der Waals surface area (Å²) < 4.78 is 20.7. The Morgan fingerprint density at radius 2 is 1.84 bits per heavy atom. The van der Waals surface area contributed by atoms with Crippen LogP contribution in [0.2, 0.25) is 0 Å². The lowest BCUT2D eigenvalue weighted by Crippen LogP contribution is -2.29. The second-order valence-electron chi connectivity index (χ2n) is 10.1. The largest absolute Gasteiger partial charge is 0.507 e. The highest BCUT2D eigenvalue weighted by molar-refractivity contribution is 8.00. The smallest absolute Gasteiger partial charge is 0.301 e. The zero-order chi connectivity index (χ0) is 30.8. The first kappa shape index (κ1) is 29.3. The van der Waals surface area contributed by atoms with Crippen molar-refractivity contribution in [2.24, 2.45) is 0 Å². The zero-order valence-corrected chi connectivity index (χ0v) is 25.2. The van der Waals surface area contributed by atoms with E-state index in [2.05, 4.69) is 41.0 Å². The fourth-order valence-corrected chi connectivity index (χ4v) is 6.93. The number of thioether (sulfide) groups is 1. The number of hydrogen-bond donors (Lipinski definition) is 1. The van der Waals surface area contributed by atoms with Crippen LogP contribution < -0.4 is 9.64 Å². The Bertz CT molecular complexity index is 1930. The molecule has 1 saturated heterocycles. The molecular formula is C34H26FN3O4S2. The number of Topliss-reactive ketones (excluding diaryl/α,β-unsaturated/α-hetero) is 1. The quantitative estimate of drug-likeness (QED) is 0.0451. The average Bonchev–Trinajstić information content (AvgIpc) is 3.61. The molecular weight excluding hydrogens is 598 g/mol. The van der Waals surface area contributed by atoms with Gasteiger partial charge in [-0.05, 0) is 52.6 Å². The van der Waals surface area contributed by atoms with Crippen molar-refractivity contribution in [3.8, 4) is 5.75 Å². The highest BCUT2D eigenvalue weighted by Crippen LogP contribution is 2.44. The molecule has 220 valence electrons. The molecule has 0 saturated carbocycles. The van der Waals surface area contributed by atoms with Gasteiger partial charge < -0.3 is 9.84 Å². The predicted molar refractivity (Wildman–Crippen MR) is 171 cm³/mol. The van der Waals surface area contributed by atoms with Crippen molar-refractivity contribution in [2.45, 2.75) is 23.1 Å². The Morgan fingerprint density at radius 1 is 1.07 bits per heavy atom. The number of carbonyl (C=O) groups excluding carboxylic acids is 2. The van der Waals surface area contributed by atoms with Crippen LogP contribution in [0.15, 0.2) is 107 Å². The Balaban J connectivity index is 1.37. The summed E-state index contributed by atoms with van der Waals surface area (Å²) in [5.74, 6) is -1.59. The van der Waals surface area contributed by atoms with E-state index in [0.717, 1.165) is 22.4 Å². The molecule has 0 spiro atoms. The van der Waals surface area contributed by atoms with Crippen molar-refractivity contribution in [3.05, 3.63) is 131 Å². The lowest BCUT2D eigenvalue weighted by Gasteiger charge is -2.22. The number of nitrogens with zero attached hydrogens (tertiary/aromatic N) is 3. The van der Waals surface area contributed by atoms with Crippen LogP contribution in [0, 0.1) is 12.7 Å². The second kappa shape index (κ2) is 12.4. The third kappa shape index (κ3) is 5.61. The van der Waals surface area contributed by atoms with Gasteiger partial charge in [-0.2, -0.15) is 0 Å². The summed E-state index contributed by atoms with van der Waals surface area (Å²) in [4.78, 5) is 28.3. The fraction of sp³-hybridized carbons (Fsp3) is 0.118. The molecule has 7 nitrogen and oxygen atoms in total. The monoisotopic (exact) mass is 623 g/mol. The minimum atomic E-state index is -1.03. The molecule has 1 aliphatic rings. The Labute approximate surface area is 261 Å². The lowest BCUT2D eigenvalue weighted by molar-refractivity contribution is -0.132. The summed E-state index contributed by atoms with van der Waals surface area (Å²) in [5, 5.41) is 22.4. The maximum absolute atomic E-state index is 14.5. The van der Waals surface area contributed by atoms with E-state index in [4.69, 9.17) is 4.74 Å². The van der Waals surface area contributed by atoms with E-state index in [1.807, 2.05) is 18.2 Å². The number of anilines is 1. The fourth-order valence-electron chi connectivity index (χ4n) is 5.06. The number of hydrogen-bond acceptors (Lipinski definition) is 8. The number of amides is 1. The summed E-state index contributed by atoms with van der Waals surface area (Å²) >= 11 is 2.66. The molecule has 5 aromatic rings. The van der Waals surface area contributed by atoms with Crippen LogP contribution in [0.1, 0.15) is 28.3 Å². The van der Waals surface area contributed by atoms with Crippen molar-refractivity contribution in [3.63, 3.8) is 0 Å². The zero-order valence-electron chi connectivity index (χ0n) is 23.6. The molecule has 44 heavy (non-hydrogen) atoms. The van der Waals surface area contributed by atoms with Crippen molar-refractivity contribution in [2.75, 3.05) is 11.5 Å². The van der Waals surface area contributed by atoms with Gasteiger partial charge in [0, 0.05) is 11.3 Å². The van der Waals surface area contributed by atoms with E-state index >= 15 is 0 Å². The minimum Gasteiger partial charge on any atom is -0.507 e. The lowest BCUT2D eigenvalue weighted by atomic mass is 9.95. The Morgan fingerprint density at radius 3 is 2.61 bits per heavy atom. The highest BCUT2D eigenvalue weighted by atomic mass is 32.2. The van der Waals surface area contributed by atoms with Crippen LogP contribution in [0.3, 0.4) is 0 Å². The van der Waals surface area contributed by atoms with Gasteiger partial charge in [0.2, 0.25) is 5.13 Å². The maximum Gasteiger partial charge on any atom is 0.301 e. The van der Waals surface area contributed by atoms with Gasteiger partial charge in [0.15, 0.2) is 4.34 Å². The second-order valence-corrected chi connectivity index (χ2v) is 12.3. The Hall–Kier alpha value is -4.80. The first-order chi connectivity index (χ1) is 21.4. The van der Waals surface area contributed by atoms with E-state index in [1.165, 1.54) is 40.1 Å². The average molecular weight is 624 g/mol. The molecule has 1 N–H and O–H groups in total. The highest BCUT2D eigenvalue weighted by Gasteiger charge is 2.48. The number of rotatable bonds is 9. The number of ether oxygens (including phenoxy) is 1. The third-order valence-corrected chi connectivity index (χ3v) is 9.39. The van der Waals surface area contributed by atoms with Crippen LogP contribution in [0.5, 0.6) is 5.75 Å². The number of benzene rings is 4. The van der Waals surface area contributed by atoms with Gasteiger partial charge in [-0.1, -0.05) is 102 Å². The summed E-state index contributed by atoms with van der Waals surface area (Å²) in [5.41, 5.74) is 1.97. The number of ketones is 1. The van der Waals surface area contributed by atoms with Gasteiger partial charge in [-0.25, -0.2) is 4.39 Å². The normalized spacial score (nSPS) is 16.0. The van der Waals surface area contributed by atoms with Crippen LogP contribution in [0.25, 0.3) is 16.5 Å². The van der Waals surface area contributed by atoms with Crippen molar-refractivity contribution >= 4 is 56.5 Å². The van der Waals surface area contributed by atoms with Gasteiger partial charge in [0.1, 0.15) is 23.9 Å². The first-order valence-electron chi connectivity index (χ1n) is 13.7. The molecule has 4 aromatic carbocycles. The van der Waals surface area contributed by atoms with Crippen molar-refractivity contribution < 1.29 is 23.8 Å². The van der Waals surface area contributed by atoms with Crippen LogP contribution >= 0.6 is 23.1 Å². The molecule has 1 aromatic heterocycles. The summed E-state index contributed by atoms with van der Waals surface area (Å²) in [6, 6.07) is 24.2. The van der Waals surface area contributed by atoms with E-state index in [0.29, 0.717) is 33.6 Å². The van der Waals surface area contributed by atoms with Crippen LogP contribution in [-0.4, -0.2) is 33.6 Å². The number of aliphatic hydroxyl groups is 1. The number of aromatic nitrogens is 2. The van der Waals surface area contributed by atoms with E-state index in [1.54, 1.807) is 37.3 Å². The number of halogens is 1. The molecule has 0 radical (unpaired) electrons. The minimum absolute atomic E-state index is 0.0885. The van der Waals surface area contributed by atoms with Crippen LogP contribution in [0.4, 0.5) is 9.52 Å². The van der Waals surface area contributed by atoms with E-state index in [-0.39, 0.29) is 16.3 Å². The van der Waals surface area contributed by atoms with Gasteiger partial charge in [0.05, 0.1) is 11.6 Å². The molecule has 10 heteroatoms. The number of aryl methyl sites for hydroxylation is 1. The topological polar surface area (TPSA) is 92.6 Å². The Kier molecular flexibility index (Phi) is 8.28. The number of carbonyl (C=O) groups is 2. The van der Waals surface area contributed by atoms with E-state index < -0.39 is 29.3 Å². The standard InChI is InChI=1S/C34H26FN3O4S2/c1-3-17-42-25-15-13-22(14-16-25)29-28(30(39)23-12-11-20(2)27(35)18-23)31(40)32(41)38(29)33-36-37-34(44-33)43-19-24-9-6-8-21-7-4-5-10-26(21)24/h3-16,18,29,39H,1,17,19H2,2H3/b30-28-. The predicted octanol–water partition coefficient (Wildman–Crippen LogP) is 7.62. The van der Waals surface area contributed by atoms with Gasteiger partial charge >= 0.3 is 5.91 Å². The van der Waals surface area contributed by atoms with Crippen molar-refractivity contribution in [1.82, 2.24) is 10.2 Å². The maximum atomic E-state index is 14.5. The molecule has 2 heterocycles. The molecule has 1 fully saturated rings. The van der Waals surface area contributed by atoms with Gasteiger partial charge in [0.25, 0.3) is 5.78 Å². The molecule has 0 bridgehead atoms. The molecule has 1 amide bonds. The van der Waals surface area contributed by atoms with Gasteiger partial charge in [-0.3, -0.25) is 14.5 Å². The molecule has 0 aliphatic carbocycles. The number of aliphatic hydroxyl groups excluding tert-OH is 1. The molecule has 6 rings (SSSR count).